The van der Waals surface area contributed by atoms with Crippen molar-refractivity contribution in [3.05, 3.63) is 74.3 Å². The number of fused-ring (bicyclic) bond motifs is 2. The maximum absolute atomic E-state index is 12.4. The SMILES string of the molecule is O=C(N/N=C\c1cc([N+](=O)[O-])cc([N+](=O)[O-])c1O)C1COc2cc3ccccc3cc2O1. The minimum Gasteiger partial charge on any atom is -0.502 e. The summed E-state index contributed by atoms with van der Waals surface area (Å²) in [5.41, 5.74) is 0.375. The van der Waals surface area contributed by atoms with Crippen LogP contribution >= 0.6 is 0 Å². The van der Waals surface area contributed by atoms with Gasteiger partial charge in [0.15, 0.2) is 11.5 Å². The summed E-state index contributed by atoms with van der Waals surface area (Å²) in [6, 6.07) is 12.6. The van der Waals surface area contributed by atoms with Gasteiger partial charge in [-0.25, -0.2) is 5.43 Å². The predicted molar refractivity (Wildman–Crippen MR) is 111 cm³/mol. The van der Waals surface area contributed by atoms with Gasteiger partial charge in [-0.2, -0.15) is 5.10 Å². The quantitative estimate of drug-likeness (QED) is 0.348. The fourth-order valence-electron chi connectivity index (χ4n) is 3.09. The van der Waals surface area contributed by atoms with Gasteiger partial charge < -0.3 is 14.6 Å². The Morgan fingerprint density at radius 2 is 1.78 bits per heavy atom. The number of hydrogen-bond donors (Lipinski definition) is 2. The summed E-state index contributed by atoms with van der Waals surface area (Å²) in [4.78, 5) is 32.5. The Bertz CT molecular complexity index is 1290. The third kappa shape index (κ3) is 3.96. The van der Waals surface area contributed by atoms with E-state index in [1.807, 2.05) is 24.3 Å². The Kier molecular flexibility index (Phi) is 5.25. The van der Waals surface area contributed by atoms with Gasteiger partial charge in [-0.05, 0) is 22.9 Å². The number of nitrogens with zero attached hydrogens (tertiary/aromatic N) is 3. The Morgan fingerprint density at radius 3 is 2.44 bits per heavy atom. The number of nitro benzene ring substituents is 2. The number of phenolic OH excluding ortho intramolecular Hbond substituents is 1. The van der Waals surface area contributed by atoms with Gasteiger partial charge in [-0.3, -0.25) is 25.0 Å². The molecule has 0 fully saturated rings. The molecule has 1 aliphatic rings. The summed E-state index contributed by atoms with van der Waals surface area (Å²) in [7, 11) is 0. The minimum atomic E-state index is -1.03. The average molecular weight is 438 g/mol. The molecule has 12 heteroatoms. The topological polar surface area (TPSA) is 166 Å². The summed E-state index contributed by atoms with van der Waals surface area (Å²) >= 11 is 0. The smallest absolute Gasteiger partial charge is 0.318 e. The van der Waals surface area contributed by atoms with E-state index in [-0.39, 0.29) is 12.2 Å². The molecule has 0 saturated carbocycles. The first-order valence-electron chi connectivity index (χ1n) is 9.14. The molecular formula is C20H14N4O8. The van der Waals surface area contributed by atoms with Gasteiger partial charge in [0.05, 0.1) is 27.7 Å². The molecule has 3 aromatic carbocycles. The summed E-state index contributed by atoms with van der Waals surface area (Å²) in [6.45, 7) is -0.0831. The summed E-state index contributed by atoms with van der Waals surface area (Å²) in [6.07, 6.45) is -0.174. The Morgan fingerprint density at radius 1 is 1.09 bits per heavy atom. The molecule has 0 bridgehead atoms. The Labute approximate surface area is 179 Å². The molecule has 0 spiro atoms. The average Bonchev–Trinajstić information content (AvgIpc) is 2.77. The summed E-state index contributed by atoms with van der Waals surface area (Å²) in [5, 5.41) is 37.4. The zero-order chi connectivity index (χ0) is 22.8. The Balaban J connectivity index is 1.49. The number of nitrogens with one attached hydrogen (secondary N) is 1. The lowest BCUT2D eigenvalue weighted by molar-refractivity contribution is -0.394. The fourth-order valence-corrected chi connectivity index (χ4v) is 3.09. The van der Waals surface area contributed by atoms with Crippen LogP contribution in [0.5, 0.6) is 17.2 Å². The highest BCUT2D eigenvalue weighted by atomic mass is 16.6. The lowest BCUT2D eigenvalue weighted by atomic mass is 10.1. The second-order valence-electron chi connectivity index (χ2n) is 6.71. The highest BCUT2D eigenvalue weighted by Gasteiger charge is 2.28. The highest BCUT2D eigenvalue weighted by Crippen LogP contribution is 2.36. The van der Waals surface area contributed by atoms with Crippen LogP contribution in [-0.4, -0.2) is 39.8 Å². The summed E-state index contributed by atoms with van der Waals surface area (Å²) < 4.78 is 11.3. The van der Waals surface area contributed by atoms with Crippen molar-refractivity contribution in [3.8, 4) is 17.2 Å². The molecule has 1 heterocycles. The molecule has 162 valence electrons. The third-order valence-electron chi connectivity index (χ3n) is 4.65. The van der Waals surface area contributed by atoms with E-state index in [9.17, 15) is 30.1 Å². The van der Waals surface area contributed by atoms with Gasteiger partial charge in [0.2, 0.25) is 11.9 Å². The van der Waals surface area contributed by atoms with Gasteiger partial charge in [0, 0.05) is 6.07 Å². The maximum atomic E-state index is 12.4. The van der Waals surface area contributed by atoms with Gasteiger partial charge >= 0.3 is 5.69 Å². The normalized spacial score (nSPS) is 14.9. The number of hydrogen-bond acceptors (Lipinski definition) is 9. The second kappa shape index (κ2) is 8.18. The number of non-ortho nitro benzene ring substituents is 1. The van der Waals surface area contributed by atoms with Crippen LogP contribution in [0.4, 0.5) is 11.4 Å². The van der Waals surface area contributed by atoms with Crippen molar-refractivity contribution in [2.45, 2.75) is 6.10 Å². The van der Waals surface area contributed by atoms with Crippen LogP contribution in [-0.2, 0) is 4.79 Å². The zero-order valence-corrected chi connectivity index (χ0v) is 16.1. The molecule has 1 atom stereocenters. The zero-order valence-electron chi connectivity index (χ0n) is 16.1. The number of amides is 1. The molecule has 0 aliphatic carbocycles. The first kappa shape index (κ1) is 20.5. The molecule has 4 rings (SSSR count). The van der Waals surface area contributed by atoms with Crippen LogP contribution < -0.4 is 14.9 Å². The van der Waals surface area contributed by atoms with Crippen molar-refractivity contribution in [3.63, 3.8) is 0 Å². The van der Waals surface area contributed by atoms with Crippen molar-refractivity contribution in [1.82, 2.24) is 5.43 Å². The number of rotatable bonds is 5. The van der Waals surface area contributed by atoms with E-state index in [0.29, 0.717) is 17.6 Å². The van der Waals surface area contributed by atoms with Crippen molar-refractivity contribution in [1.29, 1.82) is 0 Å². The van der Waals surface area contributed by atoms with Crippen molar-refractivity contribution >= 4 is 34.3 Å². The molecule has 2 N–H and O–H groups in total. The van der Waals surface area contributed by atoms with E-state index in [4.69, 9.17) is 9.47 Å². The van der Waals surface area contributed by atoms with E-state index >= 15 is 0 Å². The first-order valence-corrected chi connectivity index (χ1v) is 9.14. The summed E-state index contributed by atoms with van der Waals surface area (Å²) in [5.74, 6) is -0.632. The number of phenols is 1. The van der Waals surface area contributed by atoms with E-state index < -0.39 is 39.0 Å². The number of carbonyl (C=O) groups is 1. The monoisotopic (exact) mass is 438 g/mol. The second-order valence-corrected chi connectivity index (χ2v) is 6.71. The predicted octanol–water partition coefficient (Wildman–Crippen LogP) is 2.65. The van der Waals surface area contributed by atoms with E-state index in [1.54, 1.807) is 12.1 Å². The molecule has 0 radical (unpaired) electrons. The minimum absolute atomic E-state index is 0.0831. The van der Waals surface area contributed by atoms with Gasteiger partial charge in [0.1, 0.15) is 6.61 Å². The van der Waals surface area contributed by atoms with Crippen LogP contribution in [0.2, 0.25) is 0 Å². The number of carbonyl (C=O) groups excluding carboxylic acids is 1. The number of hydrazone groups is 1. The molecule has 32 heavy (non-hydrogen) atoms. The highest BCUT2D eigenvalue weighted by molar-refractivity contribution is 5.90. The van der Waals surface area contributed by atoms with Crippen LogP contribution in [0.3, 0.4) is 0 Å². The lowest BCUT2D eigenvalue weighted by Gasteiger charge is -2.25. The van der Waals surface area contributed by atoms with Gasteiger partial charge in [-0.1, -0.05) is 24.3 Å². The van der Waals surface area contributed by atoms with Crippen molar-refractivity contribution < 1.29 is 29.2 Å². The van der Waals surface area contributed by atoms with E-state index in [1.165, 1.54) is 0 Å². The van der Waals surface area contributed by atoms with Gasteiger partial charge in [0.25, 0.3) is 11.6 Å². The molecule has 1 amide bonds. The molecule has 1 aliphatic heterocycles. The van der Waals surface area contributed by atoms with E-state index in [2.05, 4.69) is 10.5 Å². The van der Waals surface area contributed by atoms with Crippen LogP contribution in [0, 0.1) is 20.2 Å². The van der Waals surface area contributed by atoms with Crippen LogP contribution in [0.25, 0.3) is 10.8 Å². The molecule has 12 nitrogen and oxygen atoms in total. The largest absolute Gasteiger partial charge is 0.502 e. The fraction of sp³-hybridized carbons (Fsp3) is 0.100. The van der Waals surface area contributed by atoms with Crippen LogP contribution in [0.15, 0.2) is 53.6 Å². The molecule has 1 unspecified atom stereocenters. The van der Waals surface area contributed by atoms with E-state index in [0.717, 1.165) is 23.1 Å². The number of nitro groups is 2. The maximum Gasteiger partial charge on any atom is 0.318 e. The molecule has 0 saturated heterocycles. The van der Waals surface area contributed by atoms with Crippen LogP contribution in [0.1, 0.15) is 5.56 Å². The number of aromatic hydroxyl groups is 1. The number of benzene rings is 3. The Hall–Kier alpha value is -4.74. The lowest BCUT2D eigenvalue weighted by Crippen LogP contribution is -2.42. The standard InChI is InChI=1S/C20H14N4O8/c25-19-13(5-14(23(27)28)8-15(19)24(29)30)9-21-22-20(26)18-10-31-16-6-11-3-1-2-4-12(11)7-17(16)32-18/h1-9,18,25H,10H2,(H,22,26)/b21-9-. The molecular weight excluding hydrogens is 424 g/mol. The van der Waals surface area contributed by atoms with Crippen molar-refractivity contribution in [2.24, 2.45) is 5.10 Å². The van der Waals surface area contributed by atoms with Gasteiger partial charge in [-0.15, -0.1) is 0 Å². The third-order valence-corrected chi connectivity index (χ3v) is 4.65. The molecule has 0 aromatic heterocycles. The first-order chi connectivity index (χ1) is 15.3. The van der Waals surface area contributed by atoms with Crippen molar-refractivity contribution in [2.75, 3.05) is 6.61 Å². The number of ether oxygens (including phenoxy) is 2. The molecule has 3 aromatic rings.